The molecular weight excluding hydrogens is 514 g/mol. The standard InChI is InChI=1S/C34H33N3O4/c1-4-41-34(38)32-30(35-27-18-20-29(21-19-27)37(39)40)22-31(25-14-10-23(2)11-15-25)36(28-8-6-5-7-9-28)33(32)26-16-12-24(3)13-17-26/h5-21,31,33,35H,4,22H2,1-3H3/t31-,33+/m0/s1. The normalized spacial score (nSPS) is 16.8. The molecule has 0 aromatic heterocycles. The molecule has 41 heavy (non-hydrogen) atoms. The molecule has 0 saturated carbocycles. The van der Waals surface area contributed by atoms with Crippen molar-refractivity contribution in [1.29, 1.82) is 0 Å². The van der Waals surface area contributed by atoms with Gasteiger partial charge in [0.2, 0.25) is 0 Å². The van der Waals surface area contributed by atoms with Gasteiger partial charge in [-0.2, -0.15) is 0 Å². The summed E-state index contributed by atoms with van der Waals surface area (Å²) in [6.07, 6.45) is 0.492. The summed E-state index contributed by atoms with van der Waals surface area (Å²) in [4.78, 5) is 26.9. The first-order valence-corrected chi connectivity index (χ1v) is 13.7. The Hall–Kier alpha value is -4.91. The Labute approximate surface area is 240 Å². The Bertz CT molecular complexity index is 1550. The number of esters is 1. The number of nitro benzene ring substituents is 1. The van der Waals surface area contributed by atoms with E-state index < -0.39 is 16.9 Å². The molecule has 7 heteroatoms. The second-order valence-corrected chi connectivity index (χ2v) is 10.2. The van der Waals surface area contributed by atoms with E-state index in [2.05, 4.69) is 77.8 Å². The van der Waals surface area contributed by atoms with Gasteiger partial charge in [0.15, 0.2) is 0 Å². The van der Waals surface area contributed by atoms with Crippen LogP contribution in [0.2, 0.25) is 0 Å². The van der Waals surface area contributed by atoms with Gasteiger partial charge in [0.05, 0.1) is 29.2 Å². The largest absolute Gasteiger partial charge is 0.463 e. The number of nitrogens with one attached hydrogen (secondary N) is 1. The van der Waals surface area contributed by atoms with Crippen LogP contribution in [0.5, 0.6) is 0 Å². The number of nitrogens with zero attached hydrogens (tertiary/aromatic N) is 2. The molecule has 1 heterocycles. The van der Waals surface area contributed by atoms with Crippen molar-refractivity contribution in [2.24, 2.45) is 0 Å². The highest BCUT2D eigenvalue weighted by Crippen LogP contribution is 2.48. The van der Waals surface area contributed by atoms with Crippen molar-refractivity contribution >= 4 is 23.0 Å². The Morgan fingerprint density at radius 1 is 0.878 bits per heavy atom. The van der Waals surface area contributed by atoms with Crippen LogP contribution in [0.25, 0.3) is 0 Å². The lowest BCUT2D eigenvalue weighted by atomic mass is 9.83. The highest BCUT2D eigenvalue weighted by Gasteiger charge is 2.41. The maximum absolute atomic E-state index is 13.8. The lowest BCUT2D eigenvalue weighted by Gasteiger charge is -2.46. The summed E-state index contributed by atoms with van der Waals surface area (Å²) in [5, 5.41) is 14.7. The number of non-ortho nitro benzene ring substituents is 1. The maximum Gasteiger partial charge on any atom is 0.338 e. The lowest BCUT2D eigenvalue weighted by molar-refractivity contribution is -0.384. The number of hydrogen-bond donors (Lipinski definition) is 1. The molecule has 4 aromatic rings. The zero-order chi connectivity index (χ0) is 28.9. The Morgan fingerprint density at radius 3 is 2.02 bits per heavy atom. The summed E-state index contributed by atoms with van der Waals surface area (Å²) >= 11 is 0. The number of para-hydroxylation sites is 1. The minimum absolute atomic E-state index is 0.00380. The number of benzene rings is 4. The number of carbonyl (C=O) groups is 1. The Balaban J connectivity index is 1.74. The van der Waals surface area contributed by atoms with Crippen LogP contribution in [-0.4, -0.2) is 17.5 Å². The van der Waals surface area contributed by atoms with Gasteiger partial charge in [-0.05, 0) is 56.2 Å². The van der Waals surface area contributed by atoms with E-state index in [1.54, 1.807) is 19.1 Å². The van der Waals surface area contributed by atoms with E-state index in [0.717, 1.165) is 33.6 Å². The molecule has 0 fully saturated rings. The summed E-state index contributed by atoms with van der Waals surface area (Å²) in [5.74, 6) is -0.397. The third kappa shape index (κ3) is 5.99. The van der Waals surface area contributed by atoms with Gasteiger partial charge in [-0.1, -0.05) is 77.9 Å². The molecule has 0 aliphatic carbocycles. The highest BCUT2D eigenvalue weighted by atomic mass is 16.6. The van der Waals surface area contributed by atoms with Gasteiger partial charge in [-0.3, -0.25) is 10.1 Å². The SMILES string of the molecule is CCOC(=O)C1=C(Nc2ccc([N+](=O)[O-])cc2)C[C@@H](c2ccc(C)cc2)N(c2ccccc2)[C@@H]1c1ccc(C)cc1. The van der Waals surface area contributed by atoms with Crippen molar-refractivity contribution in [2.45, 2.75) is 39.3 Å². The maximum atomic E-state index is 13.8. The predicted molar refractivity (Wildman–Crippen MR) is 162 cm³/mol. The van der Waals surface area contributed by atoms with Crippen LogP contribution in [-0.2, 0) is 9.53 Å². The second kappa shape index (κ2) is 12.1. The number of nitro groups is 1. The summed E-state index contributed by atoms with van der Waals surface area (Å²) in [6, 6.07) is 32.5. The molecule has 0 spiro atoms. The first-order chi connectivity index (χ1) is 19.9. The summed E-state index contributed by atoms with van der Waals surface area (Å²) in [5.41, 5.74) is 7.25. The van der Waals surface area contributed by atoms with Gasteiger partial charge >= 0.3 is 5.97 Å². The average Bonchev–Trinajstić information content (AvgIpc) is 2.98. The minimum atomic E-state index is -0.461. The molecule has 0 amide bonds. The van der Waals surface area contributed by atoms with Gasteiger partial charge < -0.3 is 15.0 Å². The molecule has 1 aliphatic rings. The molecule has 0 radical (unpaired) electrons. The van der Waals surface area contributed by atoms with Crippen molar-refractivity contribution in [2.75, 3.05) is 16.8 Å². The zero-order valence-electron chi connectivity index (χ0n) is 23.4. The topological polar surface area (TPSA) is 84.7 Å². The van der Waals surface area contributed by atoms with E-state index in [9.17, 15) is 14.9 Å². The number of aryl methyl sites for hydroxylation is 2. The van der Waals surface area contributed by atoms with E-state index in [1.165, 1.54) is 12.1 Å². The van der Waals surface area contributed by atoms with E-state index >= 15 is 0 Å². The van der Waals surface area contributed by atoms with E-state index in [0.29, 0.717) is 17.7 Å². The predicted octanol–water partition coefficient (Wildman–Crippen LogP) is 7.83. The van der Waals surface area contributed by atoms with Gasteiger partial charge in [0, 0.05) is 35.6 Å². The summed E-state index contributed by atoms with van der Waals surface area (Å²) in [6.45, 7) is 6.14. The van der Waals surface area contributed by atoms with Crippen LogP contribution >= 0.6 is 0 Å². The molecule has 0 unspecified atom stereocenters. The highest BCUT2D eigenvalue weighted by molar-refractivity contribution is 5.93. The number of rotatable bonds is 8. The van der Waals surface area contributed by atoms with Crippen molar-refractivity contribution in [3.8, 4) is 0 Å². The van der Waals surface area contributed by atoms with Gasteiger partial charge in [0.1, 0.15) is 0 Å². The van der Waals surface area contributed by atoms with Crippen LogP contribution in [0.15, 0.2) is 114 Å². The summed E-state index contributed by atoms with van der Waals surface area (Å²) < 4.78 is 5.66. The fourth-order valence-corrected chi connectivity index (χ4v) is 5.36. The molecule has 1 aliphatic heterocycles. The first-order valence-electron chi connectivity index (χ1n) is 13.7. The van der Waals surface area contributed by atoms with Crippen LogP contribution < -0.4 is 10.2 Å². The molecular formula is C34H33N3O4. The first kappa shape index (κ1) is 27.6. The Kier molecular flexibility index (Phi) is 8.15. The van der Waals surface area contributed by atoms with E-state index in [4.69, 9.17) is 4.74 Å². The average molecular weight is 548 g/mol. The third-order valence-corrected chi connectivity index (χ3v) is 7.39. The van der Waals surface area contributed by atoms with Crippen molar-refractivity contribution in [1.82, 2.24) is 0 Å². The molecule has 0 saturated heterocycles. The molecule has 7 nitrogen and oxygen atoms in total. The van der Waals surface area contributed by atoms with E-state index in [-0.39, 0.29) is 18.3 Å². The van der Waals surface area contributed by atoms with Crippen LogP contribution in [0.1, 0.15) is 47.7 Å². The van der Waals surface area contributed by atoms with Crippen molar-refractivity contribution in [3.63, 3.8) is 0 Å². The zero-order valence-corrected chi connectivity index (χ0v) is 23.4. The van der Waals surface area contributed by atoms with E-state index in [1.807, 2.05) is 25.1 Å². The molecule has 0 bridgehead atoms. The molecule has 2 atom stereocenters. The number of anilines is 2. The van der Waals surface area contributed by atoms with Gasteiger partial charge in [-0.25, -0.2) is 4.79 Å². The van der Waals surface area contributed by atoms with Crippen molar-refractivity contribution < 1.29 is 14.5 Å². The number of hydrogen-bond acceptors (Lipinski definition) is 6. The van der Waals surface area contributed by atoms with Crippen molar-refractivity contribution in [3.05, 3.63) is 147 Å². The van der Waals surface area contributed by atoms with Crippen LogP contribution in [0.4, 0.5) is 17.1 Å². The fraction of sp³-hybridized carbons (Fsp3) is 0.206. The molecule has 4 aromatic carbocycles. The van der Waals surface area contributed by atoms with Crippen LogP contribution in [0, 0.1) is 24.0 Å². The molecule has 208 valence electrons. The smallest absolute Gasteiger partial charge is 0.338 e. The monoisotopic (exact) mass is 547 g/mol. The number of ether oxygens (including phenoxy) is 1. The van der Waals surface area contributed by atoms with Crippen LogP contribution in [0.3, 0.4) is 0 Å². The Morgan fingerprint density at radius 2 is 1.46 bits per heavy atom. The third-order valence-electron chi connectivity index (χ3n) is 7.39. The fourth-order valence-electron chi connectivity index (χ4n) is 5.36. The quantitative estimate of drug-likeness (QED) is 0.137. The lowest BCUT2D eigenvalue weighted by Crippen LogP contribution is -2.41. The second-order valence-electron chi connectivity index (χ2n) is 10.2. The van der Waals surface area contributed by atoms with Gasteiger partial charge in [-0.15, -0.1) is 0 Å². The molecule has 5 rings (SSSR count). The summed E-state index contributed by atoms with van der Waals surface area (Å²) in [7, 11) is 0. The minimum Gasteiger partial charge on any atom is -0.463 e. The molecule has 1 N–H and O–H groups in total. The number of carbonyl (C=O) groups excluding carboxylic acids is 1. The van der Waals surface area contributed by atoms with Gasteiger partial charge in [0.25, 0.3) is 5.69 Å².